The number of hydrogen-bond acceptors (Lipinski definition) is 4. The van der Waals surface area contributed by atoms with Crippen LogP contribution in [-0.2, 0) is 4.79 Å². The van der Waals surface area contributed by atoms with Crippen molar-refractivity contribution in [2.45, 2.75) is 25.0 Å². The van der Waals surface area contributed by atoms with Gasteiger partial charge in [0.15, 0.2) is 0 Å². The maximum absolute atomic E-state index is 10.6. The summed E-state index contributed by atoms with van der Waals surface area (Å²) in [5, 5.41) is 27.2. The molecule has 0 aromatic rings. The van der Waals surface area contributed by atoms with Crippen LogP contribution in [-0.4, -0.2) is 46.9 Å². The number of halogens is 3. The number of carbonyl (C=O) groups is 1. The molecule has 0 aromatic heterocycles. The number of rotatable bonds is 1. The van der Waals surface area contributed by atoms with E-state index in [4.69, 9.17) is 19.9 Å². The van der Waals surface area contributed by atoms with Crippen LogP contribution in [0, 0.1) is 0 Å². The van der Waals surface area contributed by atoms with Crippen LogP contribution in [0.15, 0.2) is 0 Å². The fraction of sp³-hybridized carbons (Fsp3) is 0.833. The summed E-state index contributed by atoms with van der Waals surface area (Å²) < 4.78 is 31.7. The van der Waals surface area contributed by atoms with Crippen LogP contribution < -0.4 is 5.32 Å². The summed E-state index contributed by atoms with van der Waals surface area (Å²) in [4.78, 5) is 8.90. The van der Waals surface area contributed by atoms with Gasteiger partial charge in [-0.2, -0.15) is 13.2 Å². The third kappa shape index (κ3) is 6.31. The van der Waals surface area contributed by atoms with E-state index >= 15 is 0 Å². The van der Waals surface area contributed by atoms with Gasteiger partial charge in [0.25, 0.3) is 0 Å². The maximum Gasteiger partial charge on any atom is 0.490 e. The van der Waals surface area contributed by atoms with Crippen LogP contribution >= 0.6 is 0 Å². The highest BCUT2D eigenvalue weighted by molar-refractivity contribution is 6.43. The topological polar surface area (TPSA) is 89.8 Å². The van der Waals surface area contributed by atoms with E-state index in [9.17, 15) is 13.2 Å². The van der Waals surface area contributed by atoms with Gasteiger partial charge in [0.05, 0.1) is 0 Å². The van der Waals surface area contributed by atoms with Gasteiger partial charge in [-0.25, -0.2) is 4.79 Å². The molecule has 0 unspecified atom stereocenters. The number of alkyl halides is 3. The highest BCUT2D eigenvalue weighted by Crippen LogP contribution is 2.13. The molecule has 0 radical (unpaired) electrons. The lowest BCUT2D eigenvalue weighted by Crippen LogP contribution is -2.38. The molecule has 1 saturated heterocycles. The Labute approximate surface area is 84.0 Å². The molecule has 0 bridgehead atoms. The van der Waals surface area contributed by atoms with Crippen LogP contribution in [0.5, 0.6) is 0 Å². The quantitative estimate of drug-likeness (QED) is 0.450. The largest absolute Gasteiger partial charge is 0.490 e. The molecule has 1 fully saturated rings. The van der Waals surface area contributed by atoms with Crippen molar-refractivity contribution in [1.82, 2.24) is 5.32 Å². The van der Waals surface area contributed by atoms with Crippen molar-refractivity contribution in [3.8, 4) is 0 Å². The normalized spacial score (nSPS) is 20.5. The fourth-order valence-corrected chi connectivity index (χ4v) is 0.966. The van der Waals surface area contributed by atoms with Crippen LogP contribution in [0.1, 0.15) is 12.8 Å². The SMILES string of the molecule is O=C(O)C(F)(F)F.OB(O)[C@H]1CCCN1. The summed E-state index contributed by atoms with van der Waals surface area (Å²) in [6.07, 6.45) is -3.14. The molecule has 4 N–H and O–H groups in total. The Morgan fingerprint density at radius 1 is 1.40 bits per heavy atom. The minimum absolute atomic E-state index is 0.0741. The Morgan fingerprint density at radius 3 is 2.00 bits per heavy atom. The van der Waals surface area contributed by atoms with E-state index in [1.165, 1.54) is 0 Å². The number of carboxylic acids is 1. The molecule has 0 aliphatic carbocycles. The summed E-state index contributed by atoms with van der Waals surface area (Å²) in [5.41, 5.74) is 0. The molecule has 15 heavy (non-hydrogen) atoms. The zero-order valence-corrected chi connectivity index (χ0v) is 7.66. The van der Waals surface area contributed by atoms with Crippen LogP contribution in [0.3, 0.4) is 0 Å². The Balaban J connectivity index is 0.000000265. The van der Waals surface area contributed by atoms with Crippen molar-refractivity contribution < 1.29 is 33.1 Å². The first-order chi connectivity index (χ1) is 6.75. The van der Waals surface area contributed by atoms with E-state index < -0.39 is 19.3 Å². The Morgan fingerprint density at radius 2 is 1.87 bits per heavy atom. The molecule has 0 aromatic carbocycles. The van der Waals surface area contributed by atoms with E-state index in [1.54, 1.807) is 0 Å². The van der Waals surface area contributed by atoms with Crippen molar-refractivity contribution in [2.75, 3.05) is 6.54 Å². The molecular weight excluding hydrogens is 218 g/mol. The van der Waals surface area contributed by atoms with Crippen molar-refractivity contribution in [2.24, 2.45) is 0 Å². The summed E-state index contributed by atoms with van der Waals surface area (Å²) >= 11 is 0. The molecule has 1 rings (SSSR count). The van der Waals surface area contributed by atoms with Gasteiger partial charge in [0, 0.05) is 5.94 Å². The number of hydrogen-bond donors (Lipinski definition) is 4. The van der Waals surface area contributed by atoms with Gasteiger partial charge >= 0.3 is 19.3 Å². The van der Waals surface area contributed by atoms with Gasteiger partial charge in [0.1, 0.15) is 0 Å². The molecule has 1 heterocycles. The molecule has 1 atom stereocenters. The van der Waals surface area contributed by atoms with Gasteiger partial charge in [0.2, 0.25) is 0 Å². The second kappa shape index (κ2) is 5.94. The van der Waals surface area contributed by atoms with Gasteiger partial charge in [-0.1, -0.05) is 0 Å². The molecule has 5 nitrogen and oxygen atoms in total. The lowest BCUT2D eigenvalue weighted by molar-refractivity contribution is -0.192. The molecule has 0 amide bonds. The molecule has 0 spiro atoms. The second-order valence-corrected chi connectivity index (χ2v) is 2.92. The van der Waals surface area contributed by atoms with Gasteiger partial charge in [-0.05, 0) is 19.4 Å². The predicted molar refractivity (Wildman–Crippen MR) is 44.9 cm³/mol. The van der Waals surface area contributed by atoms with Crippen molar-refractivity contribution in [3.63, 3.8) is 0 Å². The van der Waals surface area contributed by atoms with Crippen molar-refractivity contribution in [3.05, 3.63) is 0 Å². The molecule has 1 aliphatic heterocycles. The Hall–Kier alpha value is -0.795. The summed E-state index contributed by atoms with van der Waals surface area (Å²) in [6.45, 7) is 0.919. The number of carboxylic acid groups (broad SMARTS) is 1. The smallest absolute Gasteiger partial charge is 0.475 e. The number of aliphatic carboxylic acids is 1. The second-order valence-electron chi connectivity index (χ2n) is 2.92. The van der Waals surface area contributed by atoms with E-state index in [2.05, 4.69) is 5.32 Å². The monoisotopic (exact) mass is 229 g/mol. The third-order valence-electron chi connectivity index (χ3n) is 1.70. The first-order valence-electron chi connectivity index (χ1n) is 4.14. The summed E-state index contributed by atoms with van der Waals surface area (Å²) in [6, 6.07) is 0. The highest BCUT2D eigenvalue weighted by Gasteiger charge is 2.38. The minimum Gasteiger partial charge on any atom is -0.475 e. The van der Waals surface area contributed by atoms with Crippen molar-refractivity contribution >= 4 is 13.1 Å². The van der Waals surface area contributed by atoms with Crippen LogP contribution in [0.2, 0.25) is 0 Å². The Bertz CT molecular complexity index is 205. The minimum atomic E-state index is -5.08. The third-order valence-corrected chi connectivity index (χ3v) is 1.70. The molecule has 9 heteroatoms. The zero-order valence-electron chi connectivity index (χ0n) is 7.66. The predicted octanol–water partition coefficient (Wildman–Crippen LogP) is -0.616. The maximum atomic E-state index is 10.6. The average molecular weight is 229 g/mol. The summed E-state index contributed by atoms with van der Waals surface area (Å²) in [7, 11) is -1.17. The van der Waals surface area contributed by atoms with Gasteiger partial charge < -0.3 is 20.5 Å². The average Bonchev–Trinajstić information content (AvgIpc) is 2.54. The van der Waals surface area contributed by atoms with Crippen molar-refractivity contribution in [1.29, 1.82) is 0 Å². The first kappa shape index (κ1) is 14.2. The van der Waals surface area contributed by atoms with E-state index in [1.807, 2.05) is 0 Å². The lowest BCUT2D eigenvalue weighted by atomic mass is 9.79. The summed E-state index contributed by atoms with van der Waals surface area (Å²) in [5.74, 6) is -2.83. The van der Waals surface area contributed by atoms with Gasteiger partial charge in [-0.15, -0.1) is 0 Å². The Kier molecular flexibility index (Phi) is 5.62. The fourth-order valence-electron chi connectivity index (χ4n) is 0.966. The molecule has 0 saturated carbocycles. The van der Waals surface area contributed by atoms with Crippen LogP contribution in [0.4, 0.5) is 13.2 Å². The molecule has 88 valence electrons. The van der Waals surface area contributed by atoms with E-state index in [0.29, 0.717) is 0 Å². The van der Waals surface area contributed by atoms with Gasteiger partial charge in [-0.3, -0.25) is 0 Å². The first-order valence-corrected chi connectivity index (χ1v) is 4.14. The zero-order chi connectivity index (χ0) is 12.1. The van der Waals surface area contributed by atoms with Crippen LogP contribution in [0.25, 0.3) is 0 Å². The highest BCUT2D eigenvalue weighted by atomic mass is 19.4. The van der Waals surface area contributed by atoms with E-state index in [-0.39, 0.29) is 5.94 Å². The lowest BCUT2D eigenvalue weighted by Gasteiger charge is -2.05. The van der Waals surface area contributed by atoms with E-state index in [0.717, 1.165) is 19.4 Å². The number of nitrogens with one attached hydrogen (secondary N) is 1. The standard InChI is InChI=1S/C4H10BNO2.C2HF3O2/c7-5(8)4-2-1-3-6-4;3-2(4,5)1(6)7/h4,6-8H,1-3H2;(H,6,7)/t4-;/m1./s1. The molecular formula is C6H11BF3NO4. The molecule has 1 aliphatic rings.